The summed E-state index contributed by atoms with van der Waals surface area (Å²) in [4.78, 5) is 5.11. The Hall–Kier alpha value is -1.06. The topological polar surface area (TPSA) is 18.5 Å². The van der Waals surface area contributed by atoms with Crippen LogP contribution in [0.2, 0.25) is 0 Å². The second-order valence-corrected chi connectivity index (χ2v) is 6.77. The molecule has 21 heavy (non-hydrogen) atoms. The molecule has 3 nitrogen and oxygen atoms in total. The molecule has 118 valence electrons. The van der Waals surface area contributed by atoms with Crippen LogP contribution < -0.4 is 10.2 Å². The van der Waals surface area contributed by atoms with Crippen LogP contribution >= 0.6 is 0 Å². The van der Waals surface area contributed by atoms with Crippen molar-refractivity contribution in [1.82, 2.24) is 10.2 Å². The Kier molecular flexibility index (Phi) is 6.07. The van der Waals surface area contributed by atoms with E-state index in [0.717, 1.165) is 26.2 Å². The molecule has 1 heterocycles. The zero-order valence-corrected chi connectivity index (χ0v) is 14.1. The van der Waals surface area contributed by atoms with Crippen LogP contribution in [-0.2, 0) is 6.54 Å². The predicted octanol–water partition coefficient (Wildman–Crippen LogP) is 2.96. The molecule has 0 aromatic heterocycles. The Morgan fingerprint density at radius 2 is 1.67 bits per heavy atom. The number of nitrogens with one attached hydrogen (secondary N) is 1. The van der Waals surface area contributed by atoms with Gasteiger partial charge < -0.3 is 10.2 Å². The van der Waals surface area contributed by atoms with E-state index in [1.54, 1.807) is 0 Å². The lowest BCUT2D eigenvalue weighted by Crippen LogP contribution is -2.49. The molecule has 0 aliphatic carbocycles. The van der Waals surface area contributed by atoms with Gasteiger partial charge in [-0.1, -0.05) is 32.0 Å². The summed E-state index contributed by atoms with van der Waals surface area (Å²) in [6.45, 7) is 15.8. The summed E-state index contributed by atoms with van der Waals surface area (Å²) in [5, 5.41) is 3.57. The van der Waals surface area contributed by atoms with Crippen LogP contribution in [0, 0.1) is 5.92 Å². The molecule has 1 aliphatic heterocycles. The quantitative estimate of drug-likeness (QED) is 0.868. The minimum absolute atomic E-state index is 0.662. The normalized spacial score (nSPS) is 17.0. The highest BCUT2D eigenvalue weighted by atomic mass is 15.3. The average molecular weight is 289 g/mol. The van der Waals surface area contributed by atoms with Crippen molar-refractivity contribution in [2.75, 3.05) is 37.6 Å². The summed E-state index contributed by atoms with van der Waals surface area (Å²) in [5.74, 6) is 0.701. The lowest BCUT2D eigenvalue weighted by Gasteiger charge is -2.39. The Balaban J connectivity index is 1.97. The summed E-state index contributed by atoms with van der Waals surface area (Å²) in [6.07, 6.45) is 0. The van der Waals surface area contributed by atoms with Crippen molar-refractivity contribution < 1.29 is 0 Å². The fourth-order valence-electron chi connectivity index (χ4n) is 2.94. The molecule has 1 saturated heterocycles. The summed E-state index contributed by atoms with van der Waals surface area (Å²) in [6, 6.07) is 9.51. The third-order valence-electron chi connectivity index (χ3n) is 4.24. The Morgan fingerprint density at radius 3 is 2.29 bits per heavy atom. The van der Waals surface area contributed by atoms with Gasteiger partial charge in [0, 0.05) is 44.5 Å². The molecular weight excluding hydrogens is 258 g/mol. The molecule has 0 bridgehead atoms. The highest BCUT2D eigenvalue weighted by Crippen LogP contribution is 2.22. The fourth-order valence-corrected chi connectivity index (χ4v) is 2.94. The number of anilines is 1. The standard InChI is InChI=1S/C18H31N3/c1-15(2)13-19-14-17-7-5-6-8-18(17)21-11-9-20(10-12-21)16(3)4/h5-8,15-16,19H,9-14H2,1-4H3. The highest BCUT2D eigenvalue weighted by Gasteiger charge is 2.20. The maximum absolute atomic E-state index is 3.57. The molecule has 1 aromatic rings. The van der Waals surface area contributed by atoms with Gasteiger partial charge in [0.15, 0.2) is 0 Å². The number of nitrogens with zero attached hydrogens (tertiary/aromatic N) is 2. The Labute approximate surface area is 130 Å². The van der Waals surface area contributed by atoms with Gasteiger partial charge in [-0.2, -0.15) is 0 Å². The van der Waals surface area contributed by atoms with Crippen molar-refractivity contribution in [3.63, 3.8) is 0 Å². The van der Waals surface area contributed by atoms with Crippen molar-refractivity contribution in [2.24, 2.45) is 5.92 Å². The van der Waals surface area contributed by atoms with Gasteiger partial charge in [-0.3, -0.25) is 4.90 Å². The van der Waals surface area contributed by atoms with Crippen LogP contribution in [0.25, 0.3) is 0 Å². The summed E-state index contributed by atoms with van der Waals surface area (Å²) in [5.41, 5.74) is 2.84. The Morgan fingerprint density at radius 1 is 1.00 bits per heavy atom. The zero-order chi connectivity index (χ0) is 15.2. The first-order chi connectivity index (χ1) is 10.1. The van der Waals surface area contributed by atoms with E-state index >= 15 is 0 Å². The third kappa shape index (κ3) is 4.72. The third-order valence-corrected chi connectivity index (χ3v) is 4.24. The largest absolute Gasteiger partial charge is 0.369 e. The van der Waals surface area contributed by atoms with Crippen LogP contribution in [0.3, 0.4) is 0 Å². The molecular formula is C18H31N3. The fraction of sp³-hybridized carbons (Fsp3) is 0.667. The molecule has 0 amide bonds. The second kappa shape index (κ2) is 7.81. The molecule has 0 atom stereocenters. The lowest BCUT2D eigenvalue weighted by molar-refractivity contribution is 0.209. The maximum atomic E-state index is 3.57. The second-order valence-electron chi connectivity index (χ2n) is 6.77. The number of rotatable bonds is 6. The van der Waals surface area contributed by atoms with Gasteiger partial charge in [-0.25, -0.2) is 0 Å². The van der Waals surface area contributed by atoms with Crippen LogP contribution in [0.1, 0.15) is 33.3 Å². The van der Waals surface area contributed by atoms with Gasteiger partial charge in [0.1, 0.15) is 0 Å². The smallest absolute Gasteiger partial charge is 0.0412 e. The van der Waals surface area contributed by atoms with Gasteiger partial charge in [-0.05, 0) is 37.9 Å². The van der Waals surface area contributed by atoms with Crippen molar-refractivity contribution in [3.8, 4) is 0 Å². The van der Waals surface area contributed by atoms with Gasteiger partial charge in [-0.15, -0.1) is 0 Å². The van der Waals surface area contributed by atoms with E-state index in [1.807, 2.05) is 0 Å². The van der Waals surface area contributed by atoms with Crippen molar-refractivity contribution in [3.05, 3.63) is 29.8 Å². The van der Waals surface area contributed by atoms with Crippen LogP contribution in [-0.4, -0.2) is 43.7 Å². The first kappa shape index (κ1) is 16.3. The number of piperazine rings is 1. The van der Waals surface area contributed by atoms with Crippen LogP contribution in [0.5, 0.6) is 0 Å². The van der Waals surface area contributed by atoms with Crippen molar-refractivity contribution in [1.29, 1.82) is 0 Å². The van der Waals surface area contributed by atoms with Gasteiger partial charge >= 0.3 is 0 Å². The molecule has 0 unspecified atom stereocenters. The number of hydrogen-bond acceptors (Lipinski definition) is 3. The summed E-state index contributed by atoms with van der Waals surface area (Å²) < 4.78 is 0. The van der Waals surface area contributed by atoms with Gasteiger partial charge in [0.25, 0.3) is 0 Å². The highest BCUT2D eigenvalue weighted by molar-refractivity contribution is 5.54. The summed E-state index contributed by atoms with van der Waals surface area (Å²) >= 11 is 0. The minimum Gasteiger partial charge on any atom is -0.369 e. The van der Waals surface area contributed by atoms with E-state index in [4.69, 9.17) is 0 Å². The molecule has 1 fully saturated rings. The summed E-state index contributed by atoms with van der Waals surface area (Å²) in [7, 11) is 0. The van der Waals surface area contributed by atoms with E-state index in [1.165, 1.54) is 24.3 Å². The lowest BCUT2D eigenvalue weighted by atomic mass is 10.1. The first-order valence-electron chi connectivity index (χ1n) is 8.35. The zero-order valence-electron chi connectivity index (χ0n) is 14.1. The number of benzene rings is 1. The number of para-hydroxylation sites is 1. The van der Waals surface area contributed by atoms with E-state index in [0.29, 0.717) is 12.0 Å². The molecule has 1 N–H and O–H groups in total. The molecule has 1 aliphatic rings. The van der Waals surface area contributed by atoms with E-state index in [9.17, 15) is 0 Å². The van der Waals surface area contributed by atoms with Crippen molar-refractivity contribution in [2.45, 2.75) is 40.3 Å². The van der Waals surface area contributed by atoms with Crippen LogP contribution in [0.15, 0.2) is 24.3 Å². The van der Waals surface area contributed by atoms with Crippen LogP contribution in [0.4, 0.5) is 5.69 Å². The van der Waals surface area contributed by atoms with Crippen molar-refractivity contribution >= 4 is 5.69 Å². The molecule has 0 radical (unpaired) electrons. The SMILES string of the molecule is CC(C)CNCc1ccccc1N1CCN(C(C)C)CC1. The Bertz CT molecular complexity index is 420. The molecule has 3 heteroatoms. The molecule has 1 aromatic carbocycles. The minimum atomic E-state index is 0.662. The van der Waals surface area contributed by atoms with E-state index in [-0.39, 0.29) is 0 Å². The molecule has 2 rings (SSSR count). The average Bonchev–Trinajstić information content (AvgIpc) is 2.47. The number of hydrogen-bond donors (Lipinski definition) is 1. The maximum Gasteiger partial charge on any atom is 0.0412 e. The molecule has 0 saturated carbocycles. The monoisotopic (exact) mass is 289 g/mol. The van der Waals surface area contributed by atoms with Gasteiger partial charge in [0.05, 0.1) is 0 Å². The van der Waals surface area contributed by atoms with E-state index < -0.39 is 0 Å². The van der Waals surface area contributed by atoms with E-state index in [2.05, 4.69) is 67.1 Å². The first-order valence-corrected chi connectivity index (χ1v) is 8.35. The molecule has 0 spiro atoms. The van der Waals surface area contributed by atoms with Gasteiger partial charge in [0.2, 0.25) is 0 Å². The predicted molar refractivity (Wildman–Crippen MR) is 91.9 cm³/mol.